The van der Waals surface area contributed by atoms with Crippen LogP contribution in [0.2, 0.25) is 0 Å². The average molecular weight is 412 g/mol. The van der Waals surface area contributed by atoms with Crippen LogP contribution in [0, 0.1) is 11.7 Å². The van der Waals surface area contributed by atoms with Crippen molar-refractivity contribution in [2.24, 2.45) is 5.92 Å². The number of carbonyl (C=O) groups is 1. The zero-order valence-electron chi connectivity index (χ0n) is 17.4. The van der Waals surface area contributed by atoms with Gasteiger partial charge in [0.25, 0.3) is 0 Å². The lowest BCUT2D eigenvalue weighted by atomic mass is 9.96. The Labute approximate surface area is 177 Å². The van der Waals surface area contributed by atoms with Crippen molar-refractivity contribution in [1.29, 1.82) is 0 Å². The minimum atomic E-state index is -0.255. The Bertz CT molecular complexity index is 812. The number of piperidine rings is 1. The van der Waals surface area contributed by atoms with Crippen molar-refractivity contribution in [1.82, 2.24) is 20.2 Å². The minimum absolute atomic E-state index is 0.0755. The maximum absolute atomic E-state index is 13.1. The molecule has 1 N–H and O–H groups in total. The zero-order valence-corrected chi connectivity index (χ0v) is 17.4. The van der Waals surface area contributed by atoms with Crippen molar-refractivity contribution in [2.75, 3.05) is 44.2 Å². The summed E-state index contributed by atoms with van der Waals surface area (Å²) in [5, 5.41) is 3.12. The highest BCUT2D eigenvalue weighted by molar-refractivity contribution is 5.78. The van der Waals surface area contributed by atoms with Crippen molar-refractivity contribution >= 4 is 11.9 Å². The van der Waals surface area contributed by atoms with E-state index in [2.05, 4.69) is 25.1 Å². The Hall–Kier alpha value is -2.54. The maximum Gasteiger partial charge on any atom is 0.225 e. The summed E-state index contributed by atoms with van der Waals surface area (Å²) in [5.74, 6) is 0.690. The van der Waals surface area contributed by atoms with Crippen LogP contribution in [-0.2, 0) is 4.79 Å². The van der Waals surface area contributed by atoms with Crippen molar-refractivity contribution in [2.45, 2.75) is 32.1 Å². The Morgan fingerprint density at radius 1 is 1.00 bits per heavy atom. The second-order valence-corrected chi connectivity index (χ2v) is 8.23. The highest BCUT2D eigenvalue weighted by Gasteiger charge is 2.26. The molecule has 0 bridgehead atoms. The predicted molar refractivity (Wildman–Crippen MR) is 116 cm³/mol. The molecule has 0 radical (unpaired) electrons. The summed E-state index contributed by atoms with van der Waals surface area (Å²) >= 11 is 0. The number of aromatic nitrogens is 2. The highest BCUT2D eigenvalue weighted by atomic mass is 19.1. The SMILES string of the molecule is O=C(NCCCN1CCCC1)C1CCN(c2ncc(-c3ccc(F)cc3)cn2)CC1. The summed E-state index contributed by atoms with van der Waals surface area (Å²) < 4.78 is 13.1. The number of hydrogen-bond donors (Lipinski definition) is 1. The van der Waals surface area contributed by atoms with Crippen LogP contribution in [0.25, 0.3) is 11.1 Å². The molecule has 2 saturated heterocycles. The summed E-state index contributed by atoms with van der Waals surface area (Å²) in [4.78, 5) is 26.0. The summed E-state index contributed by atoms with van der Waals surface area (Å²) in [6, 6.07) is 6.32. The van der Waals surface area contributed by atoms with Gasteiger partial charge in [-0.25, -0.2) is 14.4 Å². The quantitative estimate of drug-likeness (QED) is 0.710. The standard InChI is InChI=1S/C23H30FN5O/c24-21-6-4-18(5-7-21)20-16-26-23(27-17-20)29-14-8-19(9-15-29)22(30)25-10-3-13-28-11-1-2-12-28/h4-7,16-17,19H,1-3,8-15H2,(H,25,30). The van der Waals surface area contributed by atoms with Crippen LogP contribution < -0.4 is 10.2 Å². The van der Waals surface area contributed by atoms with Gasteiger partial charge in [-0.2, -0.15) is 0 Å². The van der Waals surface area contributed by atoms with E-state index in [0.29, 0.717) is 5.95 Å². The lowest BCUT2D eigenvalue weighted by Crippen LogP contribution is -2.41. The number of benzene rings is 1. The fourth-order valence-corrected chi connectivity index (χ4v) is 4.28. The molecule has 2 aromatic rings. The number of nitrogens with zero attached hydrogens (tertiary/aromatic N) is 4. The average Bonchev–Trinajstić information content (AvgIpc) is 3.31. The van der Waals surface area contributed by atoms with Gasteiger partial charge in [-0.1, -0.05) is 12.1 Å². The smallest absolute Gasteiger partial charge is 0.225 e. The van der Waals surface area contributed by atoms with Crippen molar-refractivity contribution in [3.63, 3.8) is 0 Å². The fourth-order valence-electron chi connectivity index (χ4n) is 4.28. The largest absolute Gasteiger partial charge is 0.356 e. The molecule has 2 fully saturated rings. The van der Waals surface area contributed by atoms with Gasteiger partial charge >= 0.3 is 0 Å². The highest BCUT2D eigenvalue weighted by Crippen LogP contribution is 2.23. The number of rotatable bonds is 7. The first kappa shape index (κ1) is 20.7. The molecule has 1 aromatic heterocycles. The van der Waals surface area contributed by atoms with E-state index in [9.17, 15) is 9.18 Å². The van der Waals surface area contributed by atoms with E-state index >= 15 is 0 Å². The molecule has 0 atom stereocenters. The third kappa shape index (κ3) is 5.33. The summed E-state index contributed by atoms with van der Waals surface area (Å²) in [7, 11) is 0. The minimum Gasteiger partial charge on any atom is -0.356 e. The zero-order chi connectivity index (χ0) is 20.8. The summed E-state index contributed by atoms with van der Waals surface area (Å²) in [5.41, 5.74) is 1.75. The van der Waals surface area contributed by atoms with E-state index in [1.807, 2.05) is 0 Å². The third-order valence-corrected chi connectivity index (χ3v) is 6.11. The van der Waals surface area contributed by atoms with Crippen LogP contribution in [0.4, 0.5) is 10.3 Å². The van der Waals surface area contributed by atoms with E-state index < -0.39 is 0 Å². The number of hydrogen-bond acceptors (Lipinski definition) is 5. The Morgan fingerprint density at radius 2 is 1.67 bits per heavy atom. The molecule has 2 aliphatic rings. The van der Waals surface area contributed by atoms with Gasteiger partial charge in [-0.05, 0) is 69.4 Å². The Kier molecular flexibility index (Phi) is 6.89. The number of carbonyl (C=O) groups excluding carboxylic acids is 1. The first-order chi connectivity index (χ1) is 14.7. The molecule has 6 nitrogen and oxygen atoms in total. The van der Waals surface area contributed by atoms with Gasteiger partial charge in [0, 0.05) is 43.5 Å². The number of nitrogens with one attached hydrogen (secondary N) is 1. The van der Waals surface area contributed by atoms with Crippen LogP contribution in [-0.4, -0.2) is 60.0 Å². The molecular formula is C23H30FN5O. The molecule has 0 aliphatic carbocycles. The monoisotopic (exact) mass is 411 g/mol. The van der Waals surface area contributed by atoms with Crippen molar-refractivity contribution < 1.29 is 9.18 Å². The van der Waals surface area contributed by atoms with Crippen molar-refractivity contribution in [3.8, 4) is 11.1 Å². The maximum atomic E-state index is 13.1. The predicted octanol–water partition coefficient (Wildman–Crippen LogP) is 3.10. The summed E-state index contributed by atoms with van der Waals surface area (Å²) in [6.07, 6.45) is 8.83. The van der Waals surface area contributed by atoms with Gasteiger partial charge in [-0.3, -0.25) is 4.79 Å². The van der Waals surface area contributed by atoms with Gasteiger partial charge < -0.3 is 15.1 Å². The molecule has 7 heteroatoms. The van der Waals surface area contributed by atoms with Crippen molar-refractivity contribution in [3.05, 3.63) is 42.5 Å². The summed E-state index contributed by atoms with van der Waals surface area (Å²) in [6.45, 7) is 5.83. The number of likely N-dealkylation sites (tertiary alicyclic amines) is 1. The molecule has 3 heterocycles. The topological polar surface area (TPSA) is 61.4 Å². The van der Waals surface area contributed by atoms with E-state index in [1.54, 1.807) is 24.5 Å². The van der Waals surface area contributed by atoms with Crippen LogP contribution in [0.5, 0.6) is 0 Å². The number of halogens is 1. The molecule has 160 valence electrons. The fraction of sp³-hybridized carbons (Fsp3) is 0.522. The number of amides is 1. The molecule has 1 amide bonds. The molecule has 0 saturated carbocycles. The van der Waals surface area contributed by atoms with E-state index in [4.69, 9.17) is 0 Å². The first-order valence-electron chi connectivity index (χ1n) is 11.0. The molecule has 1 aromatic carbocycles. The molecule has 0 spiro atoms. The third-order valence-electron chi connectivity index (χ3n) is 6.11. The Morgan fingerprint density at radius 3 is 2.33 bits per heavy atom. The van der Waals surface area contributed by atoms with E-state index in [0.717, 1.165) is 56.6 Å². The normalized spacial score (nSPS) is 18.0. The van der Waals surface area contributed by atoms with Crippen LogP contribution in [0.15, 0.2) is 36.7 Å². The lowest BCUT2D eigenvalue weighted by molar-refractivity contribution is -0.125. The lowest BCUT2D eigenvalue weighted by Gasteiger charge is -2.31. The molecular weight excluding hydrogens is 381 g/mol. The Balaban J connectivity index is 1.21. The van der Waals surface area contributed by atoms with Gasteiger partial charge in [-0.15, -0.1) is 0 Å². The van der Waals surface area contributed by atoms with Gasteiger partial charge in [0.15, 0.2) is 0 Å². The van der Waals surface area contributed by atoms with E-state index in [1.165, 1.54) is 38.1 Å². The van der Waals surface area contributed by atoms with E-state index in [-0.39, 0.29) is 17.6 Å². The molecule has 30 heavy (non-hydrogen) atoms. The molecule has 4 rings (SSSR count). The molecule has 2 aliphatic heterocycles. The van der Waals surface area contributed by atoms with Gasteiger partial charge in [0.1, 0.15) is 5.82 Å². The second kappa shape index (κ2) is 9.98. The number of anilines is 1. The van der Waals surface area contributed by atoms with Crippen LogP contribution >= 0.6 is 0 Å². The molecule has 0 unspecified atom stereocenters. The van der Waals surface area contributed by atoms with Crippen LogP contribution in [0.3, 0.4) is 0 Å². The van der Waals surface area contributed by atoms with Gasteiger partial charge in [0.05, 0.1) is 0 Å². The van der Waals surface area contributed by atoms with Crippen LogP contribution in [0.1, 0.15) is 32.1 Å². The second-order valence-electron chi connectivity index (χ2n) is 8.23. The van der Waals surface area contributed by atoms with Gasteiger partial charge in [0.2, 0.25) is 11.9 Å². The first-order valence-corrected chi connectivity index (χ1v) is 11.0.